The van der Waals surface area contributed by atoms with Gasteiger partial charge in [-0.25, -0.2) is 9.97 Å². The van der Waals surface area contributed by atoms with E-state index in [1.165, 1.54) is 0 Å². The van der Waals surface area contributed by atoms with Crippen molar-refractivity contribution in [3.63, 3.8) is 0 Å². The van der Waals surface area contributed by atoms with Crippen LogP contribution in [0.25, 0.3) is 11.4 Å². The number of aryl methyl sites for hydroxylation is 1. The molecular weight excluding hydrogens is 377 g/mol. The summed E-state index contributed by atoms with van der Waals surface area (Å²) in [5, 5.41) is 3.15. The molecule has 1 N–H and O–H groups in total. The first-order valence-corrected chi connectivity index (χ1v) is 7.96. The highest BCUT2D eigenvalue weighted by Gasteiger charge is 2.17. The van der Waals surface area contributed by atoms with Gasteiger partial charge in [0.15, 0.2) is 5.82 Å². The van der Waals surface area contributed by atoms with Crippen LogP contribution in [0.15, 0.2) is 18.2 Å². The summed E-state index contributed by atoms with van der Waals surface area (Å²) in [5.41, 5.74) is 3.12. The fourth-order valence-corrected chi connectivity index (χ4v) is 3.25. The Morgan fingerprint density at radius 2 is 1.95 bits per heavy atom. The highest BCUT2D eigenvalue weighted by Crippen LogP contribution is 2.32. The monoisotopic (exact) mass is 397 g/mol. The van der Waals surface area contributed by atoms with E-state index in [-0.39, 0.29) is 0 Å². The summed E-state index contributed by atoms with van der Waals surface area (Å²) < 4.78 is 6.55. The number of benzene rings is 1. The van der Waals surface area contributed by atoms with Crippen LogP contribution in [0.4, 0.5) is 5.82 Å². The standard InChI is InChI=1S/C16H20IN3O/c1-9(2)14-13(17)16(18-4)20-15(19-14)11-7-6-10(3)8-12(11)21-5/h6-9H,1-5H3,(H,18,19,20). The van der Waals surface area contributed by atoms with Gasteiger partial charge < -0.3 is 10.1 Å². The highest BCUT2D eigenvalue weighted by atomic mass is 127. The third-order valence-corrected chi connectivity index (χ3v) is 4.32. The van der Waals surface area contributed by atoms with E-state index in [1.807, 2.05) is 32.2 Å². The van der Waals surface area contributed by atoms with Gasteiger partial charge in [0, 0.05) is 7.05 Å². The van der Waals surface area contributed by atoms with E-state index < -0.39 is 0 Å². The molecule has 0 radical (unpaired) electrons. The van der Waals surface area contributed by atoms with Crippen molar-refractivity contribution in [3.05, 3.63) is 33.0 Å². The first-order chi connectivity index (χ1) is 9.97. The lowest BCUT2D eigenvalue weighted by molar-refractivity contribution is 0.416. The smallest absolute Gasteiger partial charge is 0.165 e. The third kappa shape index (κ3) is 3.28. The van der Waals surface area contributed by atoms with Crippen LogP contribution in [0.5, 0.6) is 5.75 Å². The molecule has 0 fully saturated rings. The van der Waals surface area contributed by atoms with Crippen molar-refractivity contribution in [1.82, 2.24) is 9.97 Å². The zero-order valence-electron chi connectivity index (χ0n) is 13.0. The van der Waals surface area contributed by atoms with Crippen LogP contribution >= 0.6 is 22.6 Å². The van der Waals surface area contributed by atoms with E-state index in [2.05, 4.69) is 46.7 Å². The summed E-state index contributed by atoms with van der Waals surface area (Å²) in [7, 11) is 3.55. The van der Waals surface area contributed by atoms with E-state index in [0.717, 1.165) is 32.0 Å². The Hall–Kier alpha value is -1.37. The summed E-state index contributed by atoms with van der Waals surface area (Å²) >= 11 is 2.30. The first-order valence-electron chi connectivity index (χ1n) is 6.88. The summed E-state index contributed by atoms with van der Waals surface area (Å²) in [4.78, 5) is 9.38. The van der Waals surface area contributed by atoms with Crippen LogP contribution in [0, 0.1) is 10.5 Å². The molecule has 1 aromatic carbocycles. The fourth-order valence-electron chi connectivity index (χ4n) is 2.12. The summed E-state index contributed by atoms with van der Waals surface area (Å²) in [5.74, 6) is 2.68. The number of ether oxygens (including phenoxy) is 1. The van der Waals surface area contributed by atoms with Gasteiger partial charge in [-0.15, -0.1) is 0 Å². The van der Waals surface area contributed by atoms with Gasteiger partial charge in [-0.1, -0.05) is 19.9 Å². The Bertz CT molecular complexity index is 656. The zero-order chi connectivity index (χ0) is 15.6. The molecular formula is C16H20IN3O. The maximum atomic E-state index is 5.48. The molecule has 0 atom stereocenters. The molecule has 5 heteroatoms. The number of hydrogen-bond donors (Lipinski definition) is 1. The van der Waals surface area contributed by atoms with E-state index in [0.29, 0.717) is 11.7 Å². The normalized spacial score (nSPS) is 10.8. The summed E-state index contributed by atoms with van der Waals surface area (Å²) in [6.07, 6.45) is 0. The van der Waals surface area contributed by atoms with Crippen molar-refractivity contribution >= 4 is 28.4 Å². The Labute approximate surface area is 139 Å². The second-order valence-corrected chi connectivity index (χ2v) is 6.28. The Balaban J connectivity index is 2.67. The van der Waals surface area contributed by atoms with Crippen LogP contribution in [0.1, 0.15) is 31.0 Å². The van der Waals surface area contributed by atoms with Gasteiger partial charge in [-0.3, -0.25) is 0 Å². The molecule has 1 aromatic heterocycles. The Kier molecular flexibility index (Phi) is 5.03. The first kappa shape index (κ1) is 16.0. The summed E-state index contributed by atoms with van der Waals surface area (Å²) in [6, 6.07) is 6.07. The second-order valence-electron chi connectivity index (χ2n) is 5.20. The minimum absolute atomic E-state index is 0.335. The predicted octanol–water partition coefficient (Wildman–Crippen LogP) is 4.23. The van der Waals surface area contributed by atoms with Gasteiger partial charge in [0.25, 0.3) is 0 Å². The maximum absolute atomic E-state index is 5.48. The minimum atomic E-state index is 0.335. The molecule has 2 aromatic rings. The molecule has 4 nitrogen and oxygen atoms in total. The number of halogens is 1. The topological polar surface area (TPSA) is 47.0 Å². The lowest BCUT2D eigenvalue weighted by atomic mass is 10.1. The molecule has 0 saturated carbocycles. The van der Waals surface area contributed by atoms with Crippen LogP contribution in [-0.2, 0) is 0 Å². The SMILES string of the molecule is CNc1nc(-c2ccc(C)cc2OC)nc(C(C)C)c1I. The third-order valence-electron chi connectivity index (χ3n) is 3.26. The fraction of sp³-hybridized carbons (Fsp3) is 0.375. The Morgan fingerprint density at radius 1 is 1.24 bits per heavy atom. The van der Waals surface area contributed by atoms with Crippen molar-refractivity contribution in [2.45, 2.75) is 26.7 Å². The van der Waals surface area contributed by atoms with Crippen molar-refractivity contribution in [2.24, 2.45) is 0 Å². The van der Waals surface area contributed by atoms with E-state index in [4.69, 9.17) is 9.72 Å². The van der Waals surface area contributed by atoms with Crippen LogP contribution in [-0.4, -0.2) is 24.1 Å². The average molecular weight is 397 g/mol. The number of rotatable bonds is 4. The number of nitrogens with zero attached hydrogens (tertiary/aromatic N) is 2. The van der Waals surface area contributed by atoms with Crippen LogP contribution in [0.2, 0.25) is 0 Å². The van der Waals surface area contributed by atoms with Gasteiger partial charge in [0.1, 0.15) is 11.6 Å². The Morgan fingerprint density at radius 3 is 2.52 bits per heavy atom. The number of anilines is 1. The van der Waals surface area contributed by atoms with Gasteiger partial charge >= 0.3 is 0 Å². The van der Waals surface area contributed by atoms with Gasteiger partial charge in [0.05, 0.1) is 21.9 Å². The molecule has 0 bridgehead atoms. The molecule has 2 rings (SSSR count). The molecule has 0 aliphatic carbocycles. The number of aromatic nitrogens is 2. The molecule has 21 heavy (non-hydrogen) atoms. The predicted molar refractivity (Wildman–Crippen MR) is 95.1 cm³/mol. The molecule has 0 amide bonds. The number of nitrogens with one attached hydrogen (secondary N) is 1. The molecule has 1 heterocycles. The van der Waals surface area contributed by atoms with E-state index in [1.54, 1.807) is 7.11 Å². The number of hydrogen-bond acceptors (Lipinski definition) is 4. The van der Waals surface area contributed by atoms with Crippen LogP contribution in [0.3, 0.4) is 0 Å². The summed E-state index contributed by atoms with van der Waals surface area (Å²) in [6.45, 7) is 6.32. The largest absolute Gasteiger partial charge is 0.496 e. The second kappa shape index (κ2) is 6.60. The molecule has 0 spiro atoms. The molecule has 112 valence electrons. The van der Waals surface area contributed by atoms with E-state index >= 15 is 0 Å². The molecule has 0 aliphatic rings. The van der Waals surface area contributed by atoms with Crippen LogP contribution < -0.4 is 10.1 Å². The van der Waals surface area contributed by atoms with E-state index in [9.17, 15) is 0 Å². The van der Waals surface area contributed by atoms with Gasteiger partial charge in [-0.05, 0) is 53.1 Å². The molecule has 0 unspecified atom stereocenters. The lowest BCUT2D eigenvalue weighted by Gasteiger charge is -2.15. The minimum Gasteiger partial charge on any atom is -0.496 e. The van der Waals surface area contributed by atoms with Crippen molar-refractivity contribution < 1.29 is 4.74 Å². The average Bonchev–Trinajstić information content (AvgIpc) is 2.47. The molecule has 0 saturated heterocycles. The van der Waals surface area contributed by atoms with Crippen molar-refractivity contribution in [2.75, 3.05) is 19.5 Å². The zero-order valence-corrected chi connectivity index (χ0v) is 15.1. The highest BCUT2D eigenvalue weighted by molar-refractivity contribution is 14.1. The van der Waals surface area contributed by atoms with Gasteiger partial charge in [-0.2, -0.15) is 0 Å². The van der Waals surface area contributed by atoms with Crippen molar-refractivity contribution in [1.29, 1.82) is 0 Å². The number of methoxy groups -OCH3 is 1. The molecule has 0 aliphatic heterocycles. The lowest BCUT2D eigenvalue weighted by Crippen LogP contribution is -2.07. The maximum Gasteiger partial charge on any atom is 0.165 e. The quantitative estimate of drug-likeness (QED) is 0.785. The van der Waals surface area contributed by atoms with Crippen molar-refractivity contribution in [3.8, 4) is 17.1 Å². The van der Waals surface area contributed by atoms with Gasteiger partial charge in [0.2, 0.25) is 0 Å².